The van der Waals surface area contributed by atoms with Gasteiger partial charge < -0.3 is 9.84 Å². The van der Waals surface area contributed by atoms with E-state index in [-0.39, 0.29) is 19.3 Å². The minimum atomic E-state index is -0.431. The zero-order valence-electron chi connectivity index (χ0n) is 18.3. The van der Waals surface area contributed by atoms with E-state index in [1.165, 1.54) is 82.8 Å². The summed E-state index contributed by atoms with van der Waals surface area (Å²) in [5, 5.41) is 18.4. The molecule has 0 amide bonds. The van der Waals surface area contributed by atoms with Gasteiger partial charge in [0.05, 0.1) is 31.0 Å². The summed E-state index contributed by atoms with van der Waals surface area (Å²) in [7, 11) is 0. The number of aliphatic hydroxyl groups is 1. The zero-order valence-corrected chi connectivity index (χ0v) is 18.3. The van der Waals surface area contributed by atoms with Crippen LogP contribution in [-0.4, -0.2) is 17.8 Å². The van der Waals surface area contributed by atoms with Crippen LogP contribution in [0.5, 0.6) is 0 Å². The first kappa shape index (κ1) is 25.6. The lowest BCUT2D eigenvalue weighted by Crippen LogP contribution is -2.17. The third-order valence-electron chi connectivity index (χ3n) is 5.41. The first-order chi connectivity index (χ1) is 14.2. The SMILES string of the molecule is CCCCCCCCCCCCCCCC(CO)OCc1cc(F)cc(C#N)c1. The van der Waals surface area contributed by atoms with E-state index in [9.17, 15) is 9.50 Å². The molecule has 0 aliphatic heterocycles. The smallest absolute Gasteiger partial charge is 0.124 e. The van der Waals surface area contributed by atoms with Crippen molar-refractivity contribution in [2.45, 2.75) is 110 Å². The van der Waals surface area contributed by atoms with Gasteiger partial charge in [-0.1, -0.05) is 90.4 Å². The van der Waals surface area contributed by atoms with Crippen LogP contribution in [0.25, 0.3) is 0 Å². The number of ether oxygens (including phenoxy) is 1. The van der Waals surface area contributed by atoms with Crippen LogP contribution in [0.4, 0.5) is 4.39 Å². The Labute approximate surface area is 177 Å². The number of nitriles is 1. The molecule has 4 heteroatoms. The Balaban J connectivity index is 2.01. The molecule has 1 unspecified atom stereocenters. The second kappa shape index (κ2) is 17.4. The normalized spacial score (nSPS) is 12.1. The average molecular weight is 406 g/mol. The lowest BCUT2D eigenvalue weighted by Gasteiger charge is -2.15. The Bertz CT molecular complexity index is 570. The average Bonchev–Trinajstić information content (AvgIpc) is 2.73. The van der Waals surface area contributed by atoms with Crippen molar-refractivity contribution in [3.63, 3.8) is 0 Å². The molecule has 0 fully saturated rings. The van der Waals surface area contributed by atoms with Gasteiger partial charge in [-0.3, -0.25) is 0 Å². The quantitative estimate of drug-likeness (QED) is 0.266. The highest BCUT2D eigenvalue weighted by Crippen LogP contribution is 2.15. The summed E-state index contributed by atoms with van der Waals surface area (Å²) in [6, 6.07) is 6.16. The van der Waals surface area contributed by atoms with E-state index in [1.807, 2.05) is 6.07 Å². The highest BCUT2D eigenvalue weighted by Gasteiger charge is 2.09. The first-order valence-electron chi connectivity index (χ1n) is 11.6. The van der Waals surface area contributed by atoms with Crippen molar-refractivity contribution in [2.75, 3.05) is 6.61 Å². The molecule has 0 spiro atoms. The Morgan fingerprint density at radius 1 is 0.897 bits per heavy atom. The molecule has 1 N–H and O–H groups in total. The van der Waals surface area contributed by atoms with Crippen LogP contribution in [-0.2, 0) is 11.3 Å². The zero-order chi connectivity index (χ0) is 21.2. The molecule has 0 aromatic heterocycles. The number of aliphatic hydroxyl groups excluding tert-OH is 1. The summed E-state index contributed by atoms with van der Waals surface area (Å²) in [6.07, 6.45) is 17.7. The molecule has 29 heavy (non-hydrogen) atoms. The Kier molecular flexibility index (Phi) is 15.4. The number of hydrogen-bond donors (Lipinski definition) is 1. The predicted molar refractivity (Wildman–Crippen MR) is 117 cm³/mol. The molecule has 164 valence electrons. The van der Waals surface area contributed by atoms with E-state index < -0.39 is 5.82 Å². The minimum Gasteiger partial charge on any atom is -0.394 e. The van der Waals surface area contributed by atoms with E-state index in [2.05, 4.69) is 6.92 Å². The predicted octanol–water partition coefficient (Wildman–Crippen LogP) is 7.06. The molecule has 0 saturated carbocycles. The molecule has 0 aliphatic rings. The second-order valence-corrected chi connectivity index (χ2v) is 8.11. The highest BCUT2D eigenvalue weighted by molar-refractivity contribution is 5.33. The van der Waals surface area contributed by atoms with Crippen molar-refractivity contribution in [3.05, 3.63) is 35.1 Å². The maximum atomic E-state index is 13.4. The van der Waals surface area contributed by atoms with Gasteiger partial charge in [-0.25, -0.2) is 4.39 Å². The van der Waals surface area contributed by atoms with Crippen LogP contribution in [0.15, 0.2) is 18.2 Å². The van der Waals surface area contributed by atoms with Gasteiger partial charge in [0.2, 0.25) is 0 Å². The van der Waals surface area contributed by atoms with Crippen molar-refractivity contribution in [3.8, 4) is 6.07 Å². The number of benzene rings is 1. The van der Waals surface area contributed by atoms with Crippen LogP contribution in [0, 0.1) is 17.1 Å². The highest BCUT2D eigenvalue weighted by atomic mass is 19.1. The second-order valence-electron chi connectivity index (χ2n) is 8.11. The van der Waals surface area contributed by atoms with Gasteiger partial charge >= 0.3 is 0 Å². The molecule has 0 bridgehead atoms. The van der Waals surface area contributed by atoms with Gasteiger partial charge in [-0.05, 0) is 30.2 Å². The maximum Gasteiger partial charge on any atom is 0.124 e. The molecule has 0 heterocycles. The van der Waals surface area contributed by atoms with Gasteiger partial charge in [-0.2, -0.15) is 5.26 Å². The molecule has 1 aromatic carbocycles. The standard InChI is InChI=1S/C25H40FNO2/c1-2-3-4-5-6-7-8-9-10-11-12-13-14-15-25(20-28)29-21-23-16-22(19-27)17-24(26)18-23/h16-18,25,28H,2-15,20-21H2,1H3. The van der Waals surface area contributed by atoms with Gasteiger partial charge in [-0.15, -0.1) is 0 Å². The van der Waals surface area contributed by atoms with Gasteiger partial charge in [0, 0.05) is 0 Å². The summed E-state index contributed by atoms with van der Waals surface area (Å²) >= 11 is 0. The van der Waals surface area contributed by atoms with E-state index >= 15 is 0 Å². The summed E-state index contributed by atoms with van der Waals surface area (Å²) in [4.78, 5) is 0. The maximum absolute atomic E-state index is 13.4. The molecular formula is C25H40FNO2. The first-order valence-corrected chi connectivity index (χ1v) is 11.6. The molecule has 1 aromatic rings. The number of nitrogens with zero attached hydrogens (tertiary/aromatic N) is 1. The Morgan fingerprint density at radius 2 is 1.45 bits per heavy atom. The van der Waals surface area contributed by atoms with Crippen molar-refractivity contribution in [1.82, 2.24) is 0 Å². The fourth-order valence-electron chi connectivity index (χ4n) is 3.63. The third kappa shape index (κ3) is 13.4. The van der Waals surface area contributed by atoms with Crippen molar-refractivity contribution in [2.24, 2.45) is 0 Å². The lowest BCUT2D eigenvalue weighted by molar-refractivity contribution is -0.00357. The molecule has 0 saturated heterocycles. The van der Waals surface area contributed by atoms with Crippen LogP contribution in [0.3, 0.4) is 0 Å². The van der Waals surface area contributed by atoms with Crippen LogP contribution in [0.2, 0.25) is 0 Å². The number of halogens is 1. The van der Waals surface area contributed by atoms with E-state index in [1.54, 1.807) is 6.07 Å². The third-order valence-corrected chi connectivity index (χ3v) is 5.41. The Hall–Kier alpha value is -1.44. The van der Waals surface area contributed by atoms with Crippen LogP contribution >= 0.6 is 0 Å². The van der Waals surface area contributed by atoms with Gasteiger partial charge in [0.25, 0.3) is 0 Å². The molecule has 3 nitrogen and oxygen atoms in total. The fourth-order valence-corrected chi connectivity index (χ4v) is 3.63. The number of hydrogen-bond acceptors (Lipinski definition) is 3. The van der Waals surface area contributed by atoms with Crippen LogP contribution in [0.1, 0.15) is 108 Å². The van der Waals surface area contributed by atoms with Gasteiger partial charge in [0.1, 0.15) is 5.82 Å². The van der Waals surface area contributed by atoms with Crippen molar-refractivity contribution < 1.29 is 14.2 Å². The molecule has 1 rings (SSSR count). The van der Waals surface area contributed by atoms with E-state index in [0.29, 0.717) is 11.1 Å². The molecule has 1 atom stereocenters. The summed E-state index contributed by atoms with van der Waals surface area (Å²) in [5.74, 6) is -0.431. The topological polar surface area (TPSA) is 53.2 Å². The molecular weight excluding hydrogens is 365 g/mol. The minimum absolute atomic E-state index is 0.0291. The molecule has 0 aliphatic carbocycles. The van der Waals surface area contributed by atoms with Crippen molar-refractivity contribution in [1.29, 1.82) is 5.26 Å². The summed E-state index contributed by atoms with van der Waals surface area (Å²) in [6.45, 7) is 2.45. The fraction of sp³-hybridized carbons (Fsp3) is 0.720. The number of unbranched alkanes of at least 4 members (excludes halogenated alkanes) is 12. The van der Waals surface area contributed by atoms with E-state index in [0.717, 1.165) is 19.3 Å². The summed E-state index contributed by atoms with van der Waals surface area (Å²) < 4.78 is 19.2. The van der Waals surface area contributed by atoms with Crippen LogP contribution < -0.4 is 0 Å². The Morgan fingerprint density at radius 3 is 1.97 bits per heavy atom. The van der Waals surface area contributed by atoms with Gasteiger partial charge in [0.15, 0.2) is 0 Å². The number of rotatable bonds is 18. The summed E-state index contributed by atoms with van der Waals surface area (Å²) in [5.41, 5.74) is 0.922. The monoisotopic (exact) mass is 405 g/mol. The molecule has 0 radical (unpaired) electrons. The van der Waals surface area contributed by atoms with E-state index in [4.69, 9.17) is 10.00 Å². The largest absolute Gasteiger partial charge is 0.394 e. The lowest BCUT2D eigenvalue weighted by atomic mass is 10.0. The van der Waals surface area contributed by atoms with Crippen molar-refractivity contribution >= 4 is 0 Å².